The Morgan fingerprint density at radius 2 is 1.68 bits per heavy atom. The van der Waals surface area contributed by atoms with Gasteiger partial charge in [-0.15, -0.1) is 0 Å². The minimum absolute atomic E-state index is 0.0540. The summed E-state index contributed by atoms with van der Waals surface area (Å²) < 4.78 is 22.3. The van der Waals surface area contributed by atoms with Crippen molar-refractivity contribution < 1.29 is 18.0 Å². The molecule has 8 nitrogen and oxygen atoms in total. The van der Waals surface area contributed by atoms with Crippen molar-refractivity contribution in [1.82, 2.24) is 5.32 Å². The number of anilines is 2. The fraction of sp³-hybridized carbons (Fsp3) is 0.263. The molecule has 2 aromatic carbocycles. The van der Waals surface area contributed by atoms with E-state index in [1.807, 2.05) is 30.3 Å². The number of nitrogens with one attached hydrogen (secondary N) is 2. The van der Waals surface area contributed by atoms with E-state index >= 15 is 0 Å². The lowest BCUT2D eigenvalue weighted by atomic mass is 10.1. The number of rotatable bonds is 7. The molecule has 0 aliphatic carbocycles. The van der Waals surface area contributed by atoms with Crippen LogP contribution in [0.4, 0.5) is 16.2 Å². The number of para-hydroxylation sites is 1. The summed E-state index contributed by atoms with van der Waals surface area (Å²) in [5.74, 6) is -0.0540. The molecule has 0 aliphatic rings. The minimum atomic E-state index is -3.69. The van der Waals surface area contributed by atoms with Crippen molar-refractivity contribution in [1.29, 1.82) is 0 Å². The van der Waals surface area contributed by atoms with Gasteiger partial charge in [0.05, 0.1) is 11.7 Å². The van der Waals surface area contributed by atoms with Gasteiger partial charge in [0, 0.05) is 25.0 Å². The Labute approximate surface area is 164 Å². The van der Waals surface area contributed by atoms with Gasteiger partial charge in [0.25, 0.3) is 0 Å². The largest absolute Gasteiger partial charge is 0.337 e. The van der Waals surface area contributed by atoms with E-state index in [-0.39, 0.29) is 18.9 Å². The summed E-state index contributed by atoms with van der Waals surface area (Å²) in [6.45, 7) is 1.32. The number of carbonyl (C=O) groups excluding carboxylic acids is 2. The first-order valence-electron chi connectivity index (χ1n) is 8.64. The Balaban J connectivity index is 1.87. The number of hydrogen-bond donors (Lipinski definition) is 3. The zero-order chi connectivity index (χ0) is 20.7. The monoisotopic (exact) mass is 404 g/mol. The van der Waals surface area contributed by atoms with Crippen molar-refractivity contribution in [3.8, 4) is 0 Å². The first-order chi connectivity index (χ1) is 13.2. The molecule has 0 aromatic heterocycles. The summed E-state index contributed by atoms with van der Waals surface area (Å²) in [6, 6.07) is 15.7. The number of likely N-dealkylation sites (N-methyl/N-ethyl adjacent to an activating group) is 1. The van der Waals surface area contributed by atoms with Crippen molar-refractivity contribution in [2.75, 3.05) is 23.8 Å². The third-order valence-electron chi connectivity index (χ3n) is 4.20. The standard InChI is InChI=1S/C19H24N4O4S/c1-14(28(20,26)27)13-21-19(25)22-16-10-8-15(9-11-16)12-18(24)23(2)17-6-4-3-5-7-17/h3-11,14H,12-13H2,1-2H3,(H2,20,26,27)(H2,21,22,25). The predicted molar refractivity (Wildman–Crippen MR) is 110 cm³/mol. The van der Waals surface area contributed by atoms with Crippen LogP contribution in [-0.4, -0.2) is 39.2 Å². The molecular weight excluding hydrogens is 380 g/mol. The quantitative estimate of drug-likeness (QED) is 0.650. The van der Waals surface area contributed by atoms with Crippen LogP contribution >= 0.6 is 0 Å². The van der Waals surface area contributed by atoms with E-state index in [2.05, 4.69) is 10.6 Å². The summed E-state index contributed by atoms with van der Waals surface area (Å²) in [5, 5.41) is 9.16. The van der Waals surface area contributed by atoms with Crippen LogP contribution in [0.2, 0.25) is 0 Å². The normalized spacial score (nSPS) is 12.1. The summed E-state index contributed by atoms with van der Waals surface area (Å²) >= 11 is 0. The van der Waals surface area contributed by atoms with Crippen LogP contribution < -0.4 is 20.7 Å². The fourth-order valence-corrected chi connectivity index (χ4v) is 2.64. The predicted octanol–water partition coefficient (Wildman–Crippen LogP) is 1.69. The van der Waals surface area contributed by atoms with E-state index in [9.17, 15) is 18.0 Å². The Bertz CT molecular complexity index is 915. The number of hydrogen-bond acceptors (Lipinski definition) is 4. The Hall–Kier alpha value is -2.91. The van der Waals surface area contributed by atoms with Crippen molar-refractivity contribution in [2.45, 2.75) is 18.6 Å². The number of nitrogens with two attached hydrogens (primary N) is 1. The molecule has 2 aromatic rings. The molecule has 28 heavy (non-hydrogen) atoms. The molecule has 9 heteroatoms. The molecule has 0 spiro atoms. The first kappa shape index (κ1) is 21.4. The molecular formula is C19H24N4O4S. The Morgan fingerprint density at radius 1 is 1.07 bits per heavy atom. The van der Waals surface area contributed by atoms with E-state index in [0.29, 0.717) is 5.69 Å². The highest BCUT2D eigenvalue weighted by molar-refractivity contribution is 7.89. The van der Waals surface area contributed by atoms with Crippen LogP contribution in [0.3, 0.4) is 0 Å². The average Bonchev–Trinajstić information content (AvgIpc) is 2.67. The summed E-state index contributed by atoms with van der Waals surface area (Å²) in [6.07, 6.45) is 0.226. The summed E-state index contributed by atoms with van der Waals surface area (Å²) in [7, 11) is -1.97. The van der Waals surface area contributed by atoms with Gasteiger partial charge in [0.2, 0.25) is 15.9 Å². The van der Waals surface area contributed by atoms with E-state index in [4.69, 9.17) is 5.14 Å². The lowest BCUT2D eigenvalue weighted by molar-refractivity contribution is -0.117. The van der Waals surface area contributed by atoms with Crippen LogP contribution in [0.1, 0.15) is 12.5 Å². The molecule has 0 bridgehead atoms. The molecule has 3 amide bonds. The third-order valence-corrected chi connectivity index (χ3v) is 5.48. The summed E-state index contributed by atoms with van der Waals surface area (Å²) in [5.41, 5.74) is 2.14. The SMILES string of the molecule is CC(CNC(=O)Nc1ccc(CC(=O)N(C)c2ccccc2)cc1)S(N)(=O)=O. The molecule has 0 heterocycles. The minimum Gasteiger partial charge on any atom is -0.337 e. The molecule has 150 valence electrons. The van der Waals surface area contributed by atoms with Gasteiger partial charge < -0.3 is 15.5 Å². The van der Waals surface area contributed by atoms with Crippen molar-refractivity contribution >= 4 is 33.3 Å². The number of amides is 3. The van der Waals surface area contributed by atoms with Gasteiger partial charge in [0.15, 0.2) is 0 Å². The highest BCUT2D eigenvalue weighted by atomic mass is 32.2. The molecule has 0 radical (unpaired) electrons. The maximum atomic E-state index is 12.4. The number of nitrogens with zero attached hydrogens (tertiary/aromatic N) is 1. The molecule has 1 unspecified atom stereocenters. The van der Waals surface area contributed by atoms with Crippen molar-refractivity contribution in [2.24, 2.45) is 5.14 Å². The van der Waals surface area contributed by atoms with E-state index in [1.54, 1.807) is 36.2 Å². The number of urea groups is 1. The van der Waals surface area contributed by atoms with Crippen LogP contribution in [0, 0.1) is 0 Å². The van der Waals surface area contributed by atoms with E-state index < -0.39 is 21.3 Å². The topological polar surface area (TPSA) is 122 Å². The fourth-order valence-electron chi connectivity index (χ4n) is 2.32. The molecule has 4 N–H and O–H groups in total. The van der Waals surface area contributed by atoms with Crippen LogP contribution in [-0.2, 0) is 21.2 Å². The Kier molecular flexibility index (Phi) is 7.13. The second kappa shape index (κ2) is 9.34. The molecule has 0 fully saturated rings. The number of carbonyl (C=O) groups is 2. The molecule has 1 atom stereocenters. The lowest BCUT2D eigenvalue weighted by Crippen LogP contribution is -2.39. The zero-order valence-electron chi connectivity index (χ0n) is 15.8. The van der Waals surface area contributed by atoms with Gasteiger partial charge in [-0.25, -0.2) is 18.4 Å². The second-order valence-corrected chi connectivity index (χ2v) is 8.38. The average molecular weight is 404 g/mol. The lowest BCUT2D eigenvalue weighted by Gasteiger charge is -2.17. The Morgan fingerprint density at radius 3 is 2.25 bits per heavy atom. The molecule has 0 saturated heterocycles. The summed E-state index contributed by atoms with van der Waals surface area (Å²) in [4.78, 5) is 25.8. The van der Waals surface area contributed by atoms with E-state index in [0.717, 1.165) is 11.3 Å². The van der Waals surface area contributed by atoms with Crippen LogP contribution in [0.5, 0.6) is 0 Å². The van der Waals surface area contributed by atoms with Gasteiger partial charge in [-0.2, -0.15) is 0 Å². The zero-order valence-corrected chi connectivity index (χ0v) is 16.6. The number of primary sulfonamides is 1. The van der Waals surface area contributed by atoms with Crippen molar-refractivity contribution in [3.63, 3.8) is 0 Å². The highest BCUT2D eigenvalue weighted by Gasteiger charge is 2.16. The molecule has 0 aliphatic heterocycles. The first-order valence-corrected chi connectivity index (χ1v) is 10.2. The number of benzene rings is 2. The van der Waals surface area contributed by atoms with Gasteiger partial charge in [-0.1, -0.05) is 30.3 Å². The maximum absolute atomic E-state index is 12.4. The number of sulfonamides is 1. The van der Waals surface area contributed by atoms with Gasteiger partial charge in [-0.05, 0) is 36.8 Å². The smallest absolute Gasteiger partial charge is 0.319 e. The second-order valence-electron chi connectivity index (χ2n) is 6.40. The molecule has 0 saturated carbocycles. The van der Waals surface area contributed by atoms with E-state index in [1.165, 1.54) is 6.92 Å². The van der Waals surface area contributed by atoms with Crippen LogP contribution in [0.25, 0.3) is 0 Å². The van der Waals surface area contributed by atoms with Gasteiger partial charge in [-0.3, -0.25) is 4.79 Å². The van der Waals surface area contributed by atoms with Gasteiger partial charge >= 0.3 is 6.03 Å². The maximum Gasteiger partial charge on any atom is 0.319 e. The van der Waals surface area contributed by atoms with Crippen molar-refractivity contribution in [3.05, 3.63) is 60.2 Å². The van der Waals surface area contributed by atoms with Crippen LogP contribution in [0.15, 0.2) is 54.6 Å². The third kappa shape index (κ3) is 6.36. The highest BCUT2D eigenvalue weighted by Crippen LogP contribution is 2.15. The molecule has 2 rings (SSSR count). The van der Waals surface area contributed by atoms with Gasteiger partial charge in [0.1, 0.15) is 0 Å².